The predicted octanol–water partition coefficient (Wildman–Crippen LogP) is 2.49. The van der Waals surface area contributed by atoms with Crippen LogP contribution in [0.4, 0.5) is 0 Å². The minimum atomic E-state index is -0.274. The summed E-state index contributed by atoms with van der Waals surface area (Å²) in [6.07, 6.45) is 4.07. The predicted molar refractivity (Wildman–Crippen MR) is 95.5 cm³/mol. The summed E-state index contributed by atoms with van der Waals surface area (Å²) < 4.78 is 1.59. The number of carbonyl (C=O) groups is 1. The van der Waals surface area contributed by atoms with Gasteiger partial charge in [-0.25, -0.2) is 4.98 Å². The van der Waals surface area contributed by atoms with Crippen molar-refractivity contribution in [2.24, 2.45) is 7.05 Å². The average molecular weight is 351 g/mol. The van der Waals surface area contributed by atoms with E-state index >= 15 is 0 Å². The lowest BCUT2D eigenvalue weighted by Crippen LogP contribution is -2.32. The van der Waals surface area contributed by atoms with E-state index in [1.807, 2.05) is 13.8 Å². The largest absolute Gasteiger partial charge is 0.355 e. The molecule has 2 aromatic heterocycles. The second-order valence-corrected chi connectivity index (χ2v) is 8.24. The Bertz CT molecular complexity index is 810. The van der Waals surface area contributed by atoms with Crippen molar-refractivity contribution in [3.63, 3.8) is 0 Å². The number of thiophene rings is 1. The number of nitrogens with zero attached hydrogens (tertiary/aromatic N) is 2. The SMILES string of the molecule is CCCNC(=O)[C@H](C)Sc1nc2sc3c(c2c(=O)n1C)CCC3. The van der Waals surface area contributed by atoms with E-state index in [1.165, 1.54) is 22.2 Å². The fraction of sp³-hybridized carbons (Fsp3) is 0.562. The third-order valence-electron chi connectivity index (χ3n) is 4.11. The molecular weight excluding hydrogens is 330 g/mol. The average Bonchev–Trinajstić information content (AvgIpc) is 3.10. The zero-order valence-corrected chi connectivity index (χ0v) is 15.3. The van der Waals surface area contributed by atoms with E-state index in [-0.39, 0.29) is 16.7 Å². The Hall–Kier alpha value is -1.34. The van der Waals surface area contributed by atoms with Crippen LogP contribution < -0.4 is 10.9 Å². The highest BCUT2D eigenvalue weighted by Crippen LogP contribution is 2.35. The second-order valence-electron chi connectivity index (χ2n) is 5.85. The Labute approximate surface area is 143 Å². The Morgan fingerprint density at radius 2 is 2.26 bits per heavy atom. The monoisotopic (exact) mass is 351 g/mol. The molecule has 1 aliphatic carbocycles. The molecule has 0 aromatic carbocycles. The standard InChI is InChI=1S/C16H21N3O2S2/c1-4-8-17-13(20)9(2)22-16-18-14-12(15(21)19(16)3)10-6-5-7-11(10)23-14/h9H,4-8H2,1-3H3,(H,17,20)/t9-/m0/s1. The molecule has 124 valence electrons. The molecular formula is C16H21N3O2S2. The highest BCUT2D eigenvalue weighted by Gasteiger charge is 2.24. The quantitative estimate of drug-likeness (QED) is 0.664. The lowest BCUT2D eigenvalue weighted by Gasteiger charge is -2.13. The van der Waals surface area contributed by atoms with E-state index in [4.69, 9.17) is 0 Å². The molecule has 1 N–H and O–H groups in total. The van der Waals surface area contributed by atoms with Gasteiger partial charge >= 0.3 is 0 Å². The van der Waals surface area contributed by atoms with Gasteiger partial charge in [0, 0.05) is 18.5 Å². The smallest absolute Gasteiger partial charge is 0.262 e. The van der Waals surface area contributed by atoms with Crippen molar-refractivity contribution in [3.8, 4) is 0 Å². The van der Waals surface area contributed by atoms with Gasteiger partial charge in [-0.15, -0.1) is 11.3 Å². The van der Waals surface area contributed by atoms with Crippen molar-refractivity contribution >= 4 is 39.2 Å². The van der Waals surface area contributed by atoms with Crippen LogP contribution in [-0.4, -0.2) is 27.3 Å². The Kier molecular flexibility index (Phi) is 4.77. The summed E-state index contributed by atoms with van der Waals surface area (Å²) in [5, 5.41) is 4.01. The fourth-order valence-electron chi connectivity index (χ4n) is 2.81. The highest BCUT2D eigenvalue weighted by molar-refractivity contribution is 8.00. The van der Waals surface area contributed by atoms with Gasteiger partial charge in [0.1, 0.15) is 4.83 Å². The summed E-state index contributed by atoms with van der Waals surface area (Å²) in [6, 6.07) is 0. The third kappa shape index (κ3) is 3.04. The summed E-state index contributed by atoms with van der Waals surface area (Å²) in [6.45, 7) is 4.54. The van der Waals surface area contributed by atoms with Crippen LogP contribution in [0.25, 0.3) is 10.2 Å². The second kappa shape index (κ2) is 6.65. The van der Waals surface area contributed by atoms with Crippen LogP contribution in [0, 0.1) is 0 Å². The Morgan fingerprint density at radius 1 is 1.48 bits per heavy atom. The molecule has 0 spiro atoms. The zero-order chi connectivity index (χ0) is 16.6. The lowest BCUT2D eigenvalue weighted by atomic mass is 10.2. The molecule has 7 heteroatoms. The van der Waals surface area contributed by atoms with Crippen molar-refractivity contribution < 1.29 is 4.79 Å². The number of thioether (sulfide) groups is 1. The zero-order valence-electron chi connectivity index (χ0n) is 13.6. The number of hydrogen-bond donors (Lipinski definition) is 1. The fourth-order valence-corrected chi connectivity index (χ4v) is 5.02. The summed E-state index contributed by atoms with van der Waals surface area (Å²) in [5.74, 6) is -0.0140. The van der Waals surface area contributed by atoms with Crippen LogP contribution in [0.15, 0.2) is 9.95 Å². The number of carbonyl (C=O) groups excluding carboxylic acids is 1. The van der Waals surface area contributed by atoms with Crippen molar-refractivity contribution in [2.45, 2.75) is 49.9 Å². The van der Waals surface area contributed by atoms with E-state index in [0.717, 1.165) is 35.9 Å². The minimum absolute atomic E-state index is 0.0121. The molecule has 1 amide bonds. The first-order valence-electron chi connectivity index (χ1n) is 7.98. The van der Waals surface area contributed by atoms with E-state index in [2.05, 4.69) is 10.3 Å². The van der Waals surface area contributed by atoms with Gasteiger partial charge in [0.15, 0.2) is 5.16 Å². The first-order chi connectivity index (χ1) is 11.0. The van der Waals surface area contributed by atoms with Gasteiger partial charge in [-0.2, -0.15) is 0 Å². The van der Waals surface area contributed by atoms with E-state index in [9.17, 15) is 9.59 Å². The Morgan fingerprint density at radius 3 is 3.00 bits per heavy atom. The summed E-state index contributed by atoms with van der Waals surface area (Å²) in [7, 11) is 1.74. The van der Waals surface area contributed by atoms with Crippen molar-refractivity contribution in [1.29, 1.82) is 0 Å². The number of hydrogen-bond acceptors (Lipinski definition) is 5. The van der Waals surface area contributed by atoms with Crippen molar-refractivity contribution in [1.82, 2.24) is 14.9 Å². The van der Waals surface area contributed by atoms with Gasteiger partial charge in [0.05, 0.1) is 10.6 Å². The van der Waals surface area contributed by atoms with Crippen LogP contribution in [0.3, 0.4) is 0 Å². The molecule has 0 fully saturated rings. The van der Waals surface area contributed by atoms with Crippen LogP contribution in [0.2, 0.25) is 0 Å². The molecule has 0 aliphatic heterocycles. The molecule has 1 aliphatic rings. The van der Waals surface area contributed by atoms with E-state index < -0.39 is 0 Å². The van der Waals surface area contributed by atoms with Crippen LogP contribution in [-0.2, 0) is 24.7 Å². The number of rotatable bonds is 5. The van der Waals surface area contributed by atoms with Gasteiger partial charge in [-0.05, 0) is 38.2 Å². The molecule has 0 saturated heterocycles. The summed E-state index contributed by atoms with van der Waals surface area (Å²) in [5.41, 5.74) is 1.21. The maximum absolute atomic E-state index is 12.7. The molecule has 2 aromatic rings. The van der Waals surface area contributed by atoms with Gasteiger partial charge in [-0.3, -0.25) is 14.2 Å². The molecule has 1 atom stereocenters. The minimum Gasteiger partial charge on any atom is -0.355 e. The molecule has 0 unspecified atom stereocenters. The summed E-state index contributed by atoms with van der Waals surface area (Å²) in [4.78, 5) is 31.5. The molecule has 23 heavy (non-hydrogen) atoms. The van der Waals surface area contributed by atoms with E-state index in [1.54, 1.807) is 23.0 Å². The molecule has 3 rings (SSSR count). The van der Waals surface area contributed by atoms with E-state index in [0.29, 0.717) is 11.7 Å². The van der Waals surface area contributed by atoms with Crippen LogP contribution in [0.5, 0.6) is 0 Å². The number of aromatic nitrogens is 2. The highest BCUT2D eigenvalue weighted by atomic mass is 32.2. The molecule has 0 saturated carbocycles. The third-order valence-corrected chi connectivity index (χ3v) is 6.44. The molecule has 2 heterocycles. The maximum Gasteiger partial charge on any atom is 0.262 e. The topological polar surface area (TPSA) is 64.0 Å². The number of amides is 1. The maximum atomic E-state index is 12.7. The van der Waals surface area contributed by atoms with Gasteiger partial charge in [0.2, 0.25) is 5.91 Å². The molecule has 0 bridgehead atoms. The normalized spacial score (nSPS) is 14.9. The van der Waals surface area contributed by atoms with Crippen molar-refractivity contribution in [2.75, 3.05) is 6.54 Å². The summed E-state index contributed by atoms with van der Waals surface area (Å²) >= 11 is 2.98. The number of aryl methyl sites for hydroxylation is 2. The Balaban J connectivity index is 1.92. The first kappa shape index (κ1) is 16.5. The van der Waals surface area contributed by atoms with Crippen LogP contribution >= 0.6 is 23.1 Å². The van der Waals surface area contributed by atoms with Gasteiger partial charge in [0.25, 0.3) is 5.56 Å². The molecule has 0 radical (unpaired) electrons. The molecule has 5 nitrogen and oxygen atoms in total. The van der Waals surface area contributed by atoms with Gasteiger partial charge < -0.3 is 5.32 Å². The van der Waals surface area contributed by atoms with Crippen LogP contribution in [0.1, 0.15) is 37.1 Å². The first-order valence-corrected chi connectivity index (χ1v) is 9.68. The van der Waals surface area contributed by atoms with Crippen molar-refractivity contribution in [3.05, 3.63) is 20.8 Å². The van der Waals surface area contributed by atoms with Gasteiger partial charge in [-0.1, -0.05) is 18.7 Å². The number of fused-ring (bicyclic) bond motifs is 3. The number of nitrogens with one attached hydrogen (secondary N) is 1. The lowest BCUT2D eigenvalue weighted by molar-refractivity contribution is -0.120.